The van der Waals surface area contributed by atoms with Crippen molar-refractivity contribution in [2.75, 3.05) is 0 Å². The number of carbonyl (C=O) groups is 1. The van der Waals surface area contributed by atoms with Crippen molar-refractivity contribution >= 4 is 6.09 Å². The lowest BCUT2D eigenvalue weighted by atomic mass is 9.79. The van der Waals surface area contributed by atoms with Crippen LogP contribution in [-0.4, -0.2) is 32.6 Å². The molecule has 1 aliphatic carbocycles. The van der Waals surface area contributed by atoms with E-state index in [1.165, 1.54) is 0 Å². The fourth-order valence-corrected chi connectivity index (χ4v) is 3.63. The number of rotatable bonds is 1. The van der Waals surface area contributed by atoms with E-state index in [1.54, 1.807) is 6.20 Å². The van der Waals surface area contributed by atoms with Crippen LogP contribution in [0.4, 0.5) is 4.79 Å². The van der Waals surface area contributed by atoms with E-state index in [2.05, 4.69) is 15.9 Å². The third-order valence-corrected chi connectivity index (χ3v) is 4.73. The van der Waals surface area contributed by atoms with Gasteiger partial charge in [0.1, 0.15) is 22.7 Å². The first-order valence-electron chi connectivity index (χ1n) is 7.79. The monoisotopic (exact) mass is 301 g/mol. The summed E-state index contributed by atoms with van der Waals surface area (Å²) in [6.45, 7) is 7.72. The van der Waals surface area contributed by atoms with Crippen molar-refractivity contribution in [3.8, 4) is 12.3 Å². The Bertz CT molecular complexity index is 637. The highest BCUT2D eigenvalue weighted by Crippen LogP contribution is 2.52. The lowest BCUT2D eigenvalue weighted by Gasteiger charge is -2.40. The van der Waals surface area contributed by atoms with Crippen molar-refractivity contribution in [1.82, 2.24) is 14.9 Å². The van der Waals surface area contributed by atoms with Crippen LogP contribution in [0.15, 0.2) is 6.20 Å². The SMILES string of the molecule is C#Cc1cnc([C@]2(C)C[C@H]3CC[C@H]3N2C(=O)OC(C)(C)C)[nH]1. The molecule has 1 aromatic rings. The average Bonchev–Trinajstić information content (AvgIpc) is 2.93. The largest absolute Gasteiger partial charge is 0.444 e. The summed E-state index contributed by atoms with van der Waals surface area (Å²) in [5.74, 6) is 3.83. The maximum atomic E-state index is 12.7. The predicted octanol–water partition coefficient (Wildman–Crippen LogP) is 3.03. The van der Waals surface area contributed by atoms with Crippen molar-refractivity contribution in [2.24, 2.45) is 5.92 Å². The van der Waals surface area contributed by atoms with E-state index in [1.807, 2.05) is 32.6 Å². The molecule has 1 N–H and O–H groups in total. The van der Waals surface area contributed by atoms with Crippen LogP contribution < -0.4 is 0 Å². The van der Waals surface area contributed by atoms with Crippen LogP contribution in [0.2, 0.25) is 0 Å². The zero-order chi connectivity index (χ0) is 16.1. The second-order valence-corrected chi connectivity index (χ2v) is 7.52. The van der Waals surface area contributed by atoms with Gasteiger partial charge in [0.25, 0.3) is 0 Å². The molecule has 0 radical (unpaired) electrons. The highest BCUT2D eigenvalue weighted by Gasteiger charge is 2.57. The van der Waals surface area contributed by atoms with E-state index in [-0.39, 0.29) is 12.1 Å². The molecule has 0 unspecified atom stereocenters. The van der Waals surface area contributed by atoms with Gasteiger partial charge in [0, 0.05) is 6.04 Å². The lowest BCUT2D eigenvalue weighted by Crippen LogP contribution is -2.51. The smallest absolute Gasteiger partial charge is 0.411 e. The summed E-state index contributed by atoms with van der Waals surface area (Å²) in [5.41, 5.74) is -0.351. The molecule has 0 aromatic carbocycles. The Morgan fingerprint density at radius 1 is 1.55 bits per heavy atom. The molecule has 1 saturated heterocycles. The van der Waals surface area contributed by atoms with Crippen molar-refractivity contribution in [3.05, 3.63) is 17.7 Å². The number of nitrogens with one attached hydrogen (secondary N) is 1. The first-order chi connectivity index (χ1) is 10.2. The number of nitrogens with zero attached hydrogens (tertiary/aromatic N) is 2. The number of terminal acetylenes is 1. The van der Waals surface area contributed by atoms with Crippen molar-refractivity contribution in [1.29, 1.82) is 0 Å². The number of imidazole rings is 1. The maximum absolute atomic E-state index is 12.7. The van der Waals surface area contributed by atoms with Gasteiger partial charge >= 0.3 is 6.09 Å². The zero-order valence-electron chi connectivity index (χ0n) is 13.6. The summed E-state index contributed by atoms with van der Waals surface area (Å²) >= 11 is 0. The van der Waals surface area contributed by atoms with Crippen LogP contribution in [0.1, 0.15) is 58.5 Å². The topological polar surface area (TPSA) is 58.2 Å². The number of likely N-dealkylation sites (tertiary alicyclic amines) is 1. The molecule has 1 saturated carbocycles. The van der Waals surface area contributed by atoms with E-state index in [4.69, 9.17) is 11.2 Å². The maximum Gasteiger partial charge on any atom is 0.411 e. The van der Waals surface area contributed by atoms with Crippen molar-refractivity contribution < 1.29 is 9.53 Å². The van der Waals surface area contributed by atoms with Crippen LogP contribution in [0, 0.1) is 18.3 Å². The van der Waals surface area contributed by atoms with Gasteiger partial charge in [-0.2, -0.15) is 0 Å². The number of aromatic amines is 1. The zero-order valence-corrected chi connectivity index (χ0v) is 13.6. The van der Waals surface area contributed by atoms with E-state index < -0.39 is 11.1 Å². The third kappa shape index (κ3) is 2.27. The lowest BCUT2D eigenvalue weighted by molar-refractivity contribution is -0.00948. The van der Waals surface area contributed by atoms with Crippen LogP contribution in [0.3, 0.4) is 0 Å². The van der Waals surface area contributed by atoms with Gasteiger partial charge < -0.3 is 9.72 Å². The molecule has 2 fully saturated rings. The normalized spacial score (nSPS) is 30.4. The van der Waals surface area contributed by atoms with Gasteiger partial charge in [0.15, 0.2) is 0 Å². The number of aromatic nitrogens is 2. The Kier molecular flexibility index (Phi) is 3.24. The van der Waals surface area contributed by atoms with Gasteiger partial charge in [-0.3, -0.25) is 4.90 Å². The molecule has 118 valence electrons. The minimum absolute atomic E-state index is 0.249. The Balaban J connectivity index is 1.94. The number of amides is 1. The number of hydrogen-bond donors (Lipinski definition) is 1. The van der Waals surface area contributed by atoms with Crippen molar-refractivity contribution in [2.45, 2.75) is 64.1 Å². The number of hydrogen-bond acceptors (Lipinski definition) is 3. The third-order valence-electron chi connectivity index (χ3n) is 4.73. The van der Waals surface area contributed by atoms with Crippen LogP contribution >= 0.6 is 0 Å². The van der Waals surface area contributed by atoms with Crippen molar-refractivity contribution in [3.63, 3.8) is 0 Å². The standard InChI is InChI=1S/C17H23N3O2/c1-6-12-10-18-14(19-12)17(5)9-11-7-8-13(11)20(17)15(21)22-16(2,3)4/h1,10-11,13H,7-9H2,2-5H3,(H,18,19)/t11-,13-,17+/m1/s1. The number of fused-ring (bicyclic) bond motifs is 1. The minimum atomic E-state index is -0.507. The minimum Gasteiger partial charge on any atom is -0.444 e. The second kappa shape index (κ2) is 4.77. The van der Waals surface area contributed by atoms with Crippen LogP contribution in [0.25, 0.3) is 0 Å². The fraction of sp³-hybridized carbons (Fsp3) is 0.647. The summed E-state index contributed by atoms with van der Waals surface area (Å²) in [4.78, 5) is 22.2. The van der Waals surface area contributed by atoms with Gasteiger partial charge in [-0.15, -0.1) is 6.42 Å². The van der Waals surface area contributed by atoms with Crippen LogP contribution in [0.5, 0.6) is 0 Å². The summed E-state index contributed by atoms with van der Waals surface area (Å²) in [5, 5.41) is 0. The summed E-state index contributed by atoms with van der Waals surface area (Å²) in [6.07, 6.45) is 9.89. The van der Waals surface area contributed by atoms with Gasteiger partial charge in [-0.05, 0) is 52.9 Å². The van der Waals surface area contributed by atoms with E-state index in [0.29, 0.717) is 11.6 Å². The molecular formula is C17H23N3O2. The molecule has 5 nitrogen and oxygen atoms in total. The fourth-order valence-electron chi connectivity index (χ4n) is 3.63. The van der Waals surface area contributed by atoms with E-state index in [0.717, 1.165) is 25.1 Å². The Morgan fingerprint density at radius 2 is 2.27 bits per heavy atom. The molecule has 22 heavy (non-hydrogen) atoms. The summed E-state index contributed by atoms with van der Waals surface area (Å²) in [7, 11) is 0. The first kappa shape index (κ1) is 15.0. The first-order valence-corrected chi connectivity index (χ1v) is 7.79. The molecular weight excluding hydrogens is 278 g/mol. The highest BCUT2D eigenvalue weighted by molar-refractivity contribution is 5.71. The summed E-state index contributed by atoms with van der Waals surface area (Å²) < 4.78 is 5.63. The average molecular weight is 301 g/mol. The molecule has 1 aliphatic heterocycles. The molecule has 0 spiro atoms. The Morgan fingerprint density at radius 3 is 2.77 bits per heavy atom. The second-order valence-electron chi connectivity index (χ2n) is 7.52. The highest BCUT2D eigenvalue weighted by atomic mass is 16.6. The molecule has 5 heteroatoms. The number of carbonyl (C=O) groups excluding carboxylic acids is 1. The molecule has 1 aromatic heterocycles. The van der Waals surface area contributed by atoms with Gasteiger partial charge in [0.2, 0.25) is 0 Å². The van der Waals surface area contributed by atoms with Gasteiger partial charge in [-0.25, -0.2) is 9.78 Å². The van der Waals surface area contributed by atoms with E-state index >= 15 is 0 Å². The predicted molar refractivity (Wildman–Crippen MR) is 83.1 cm³/mol. The van der Waals surface area contributed by atoms with Gasteiger partial charge in [0.05, 0.1) is 6.20 Å². The summed E-state index contributed by atoms with van der Waals surface area (Å²) in [6, 6.07) is 0.249. The van der Waals surface area contributed by atoms with Gasteiger partial charge in [-0.1, -0.05) is 5.92 Å². The number of H-pyrrole nitrogens is 1. The quantitative estimate of drug-likeness (QED) is 0.811. The van der Waals surface area contributed by atoms with E-state index in [9.17, 15) is 4.79 Å². The molecule has 3 rings (SSSR count). The Hall–Kier alpha value is -1.96. The number of ether oxygens (including phenoxy) is 1. The molecule has 3 atom stereocenters. The molecule has 2 aliphatic rings. The Labute approximate surface area is 131 Å². The molecule has 0 bridgehead atoms. The molecule has 1 amide bonds. The van der Waals surface area contributed by atoms with Crippen LogP contribution in [-0.2, 0) is 10.3 Å². The molecule has 2 heterocycles.